The molecule has 17 heavy (non-hydrogen) atoms. The highest BCUT2D eigenvalue weighted by Crippen LogP contribution is 2.27. The molecule has 0 amide bonds. The third kappa shape index (κ3) is 5.29. The molecule has 1 aliphatic carbocycles. The van der Waals surface area contributed by atoms with Crippen molar-refractivity contribution in [3.05, 3.63) is 30.1 Å². The molecule has 1 aromatic rings. The van der Waals surface area contributed by atoms with Crippen LogP contribution in [0.25, 0.3) is 0 Å². The molecule has 0 spiro atoms. The van der Waals surface area contributed by atoms with Gasteiger partial charge in [-0.2, -0.15) is 0 Å². The van der Waals surface area contributed by atoms with Crippen molar-refractivity contribution in [1.82, 2.24) is 15.2 Å². The summed E-state index contributed by atoms with van der Waals surface area (Å²) in [4.78, 5) is 6.71. The minimum Gasteiger partial charge on any atom is -0.315 e. The number of aromatic nitrogens is 1. The van der Waals surface area contributed by atoms with E-state index >= 15 is 0 Å². The van der Waals surface area contributed by atoms with Crippen LogP contribution in [-0.4, -0.2) is 43.1 Å². The lowest BCUT2D eigenvalue weighted by Gasteiger charge is -2.16. The molecule has 1 fully saturated rings. The Bertz CT molecular complexity index is 309. The summed E-state index contributed by atoms with van der Waals surface area (Å²) in [6, 6.07) is 6.12. The summed E-state index contributed by atoms with van der Waals surface area (Å²) in [7, 11) is 2.18. The van der Waals surface area contributed by atoms with Gasteiger partial charge in [0.05, 0.1) is 0 Å². The average Bonchev–Trinajstić information content (AvgIpc) is 3.17. The highest BCUT2D eigenvalue weighted by atomic mass is 15.1. The lowest BCUT2D eigenvalue weighted by atomic mass is 10.2. The molecule has 1 saturated carbocycles. The Balaban J connectivity index is 1.52. The third-order valence-electron chi connectivity index (χ3n) is 3.28. The van der Waals surface area contributed by atoms with Gasteiger partial charge in [0.1, 0.15) is 0 Å². The van der Waals surface area contributed by atoms with E-state index in [0.717, 1.165) is 32.0 Å². The minimum atomic E-state index is 0.980. The van der Waals surface area contributed by atoms with E-state index in [1.807, 2.05) is 12.3 Å². The molecule has 0 bridgehead atoms. The first kappa shape index (κ1) is 12.5. The Labute approximate surface area is 104 Å². The van der Waals surface area contributed by atoms with E-state index in [4.69, 9.17) is 0 Å². The summed E-state index contributed by atoms with van der Waals surface area (Å²) < 4.78 is 0. The maximum absolute atomic E-state index is 4.34. The second-order valence-electron chi connectivity index (χ2n) is 5.02. The zero-order chi connectivity index (χ0) is 11.9. The standard InChI is InChI=1S/C14H23N3/c1-17(11-9-15-12-13-5-6-13)10-7-14-4-2-3-8-16-14/h2-4,8,13,15H,5-7,9-12H2,1H3. The topological polar surface area (TPSA) is 28.2 Å². The van der Waals surface area contributed by atoms with Crippen LogP contribution < -0.4 is 5.32 Å². The lowest BCUT2D eigenvalue weighted by Crippen LogP contribution is -2.31. The van der Waals surface area contributed by atoms with Crippen LogP contribution in [0.15, 0.2) is 24.4 Å². The van der Waals surface area contributed by atoms with Gasteiger partial charge in [0.25, 0.3) is 0 Å². The number of hydrogen-bond donors (Lipinski definition) is 1. The molecule has 0 saturated heterocycles. The zero-order valence-corrected chi connectivity index (χ0v) is 10.7. The first-order chi connectivity index (χ1) is 8.34. The summed E-state index contributed by atoms with van der Waals surface area (Å²) in [6.07, 6.45) is 5.78. The van der Waals surface area contributed by atoms with Gasteiger partial charge in [0, 0.05) is 37.9 Å². The van der Waals surface area contributed by atoms with Gasteiger partial charge in [0.2, 0.25) is 0 Å². The fourth-order valence-electron chi connectivity index (χ4n) is 1.86. The monoisotopic (exact) mass is 233 g/mol. The molecule has 1 aromatic heterocycles. The second kappa shape index (κ2) is 6.72. The van der Waals surface area contributed by atoms with Crippen molar-refractivity contribution in [2.45, 2.75) is 19.3 Å². The first-order valence-electron chi connectivity index (χ1n) is 6.64. The fourth-order valence-corrected chi connectivity index (χ4v) is 1.86. The van der Waals surface area contributed by atoms with Crippen LogP contribution in [0.4, 0.5) is 0 Å². The highest BCUT2D eigenvalue weighted by molar-refractivity contribution is 5.03. The Hall–Kier alpha value is -0.930. The molecule has 3 nitrogen and oxygen atoms in total. The van der Waals surface area contributed by atoms with Gasteiger partial charge in [0.15, 0.2) is 0 Å². The molecule has 2 rings (SSSR count). The molecule has 0 aliphatic heterocycles. The summed E-state index contributed by atoms with van der Waals surface area (Å²) in [5.74, 6) is 0.980. The van der Waals surface area contributed by atoms with Crippen LogP contribution in [-0.2, 0) is 6.42 Å². The molecule has 0 aromatic carbocycles. The smallest absolute Gasteiger partial charge is 0.0416 e. The van der Waals surface area contributed by atoms with Crippen LogP contribution in [0.1, 0.15) is 18.5 Å². The molecule has 1 N–H and O–H groups in total. The predicted molar refractivity (Wildman–Crippen MR) is 71.0 cm³/mol. The molecule has 0 unspecified atom stereocenters. The van der Waals surface area contributed by atoms with Crippen molar-refractivity contribution in [2.75, 3.05) is 33.2 Å². The van der Waals surface area contributed by atoms with E-state index in [-0.39, 0.29) is 0 Å². The Morgan fingerprint density at radius 3 is 2.94 bits per heavy atom. The van der Waals surface area contributed by atoms with Crippen molar-refractivity contribution in [2.24, 2.45) is 5.92 Å². The Morgan fingerprint density at radius 2 is 2.24 bits per heavy atom. The first-order valence-corrected chi connectivity index (χ1v) is 6.64. The number of nitrogens with zero attached hydrogens (tertiary/aromatic N) is 2. The van der Waals surface area contributed by atoms with E-state index in [1.54, 1.807) is 0 Å². The average molecular weight is 233 g/mol. The number of nitrogens with one attached hydrogen (secondary N) is 1. The molecule has 3 heteroatoms. The zero-order valence-electron chi connectivity index (χ0n) is 10.7. The predicted octanol–water partition coefficient (Wildman–Crippen LogP) is 1.56. The quantitative estimate of drug-likeness (QED) is 0.691. The fraction of sp³-hybridized carbons (Fsp3) is 0.643. The van der Waals surface area contributed by atoms with Crippen molar-refractivity contribution in [1.29, 1.82) is 0 Å². The lowest BCUT2D eigenvalue weighted by molar-refractivity contribution is 0.333. The van der Waals surface area contributed by atoms with E-state index in [1.165, 1.54) is 25.1 Å². The molecular weight excluding hydrogens is 210 g/mol. The van der Waals surface area contributed by atoms with Gasteiger partial charge in [-0.25, -0.2) is 0 Å². The number of hydrogen-bond acceptors (Lipinski definition) is 3. The van der Waals surface area contributed by atoms with Crippen LogP contribution in [0.3, 0.4) is 0 Å². The highest BCUT2D eigenvalue weighted by Gasteiger charge is 2.19. The maximum atomic E-state index is 4.34. The Morgan fingerprint density at radius 1 is 1.35 bits per heavy atom. The van der Waals surface area contributed by atoms with Gasteiger partial charge >= 0.3 is 0 Å². The molecule has 94 valence electrons. The van der Waals surface area contributed by atoms with Crippen molar-refractivity contribution in [3.8, 4) is 0 Å². The number of likely N-dealkylation sites (N-methyl/N-ethyl adjacent to an activating group) is 1. The molecule has 1 aliphatic rings. The number of rotatable bonds is 8. The van der Waals surface area contributed by atoms with Gasteiger partial charge < -0.3 is 10.2 Å². The van der Waals surface area contributed by atoms with Crippen molar-refractivity contribution in [3.63, 3.8) is 0 Å². The van der Waals surface area contributed by atoms with Gasteiger partial charge in [-0.15, -0.1) is 0 Å². The number of pyridine rings is 1. The van der Waals surface area contributed by atoms with Crippen molar-refractivity contribution >= 4 is 0 Å². The van der Waals surface area contributed by atoms with Gasteiger partial charge in [-0.1, -0.05) is 6.07 Å². The van der Waals surface area contributed by atoms with Gasteiger partial charge in [-0.3, -0.25) is 4.98 Å². The van der Waals surface area contributed by atoms with Crippen molar-refractivity contribution < 1.29 is 0 Å². The van der Waals surface area contributed by atoms with Crippen LogP contribution in [0, 0.1) is 5.92 Å². The molecular formula is C14H23N3. The van der Waals surface area contributed by atoms with Crippen LogP contribution >= 0.6 is 0 Å². The minimum absolute atomic E-state index is 0.980. The van der Waals surface area contributed by atoms with E-state index < -0.39 is 0 Å². The molecule has 1 heterocycles. The van der Waals surface area contributed by atoms with E-state index in [2.05, 4.69) is 34.4 Å². The third-order valence-corrected chi connectivity index (χ3v) is 3.28. The summed E-state index contributed by atoms with van der Waals surface area (Å²) in [5, 5.41) is 3.52. The van der Waals surface area contributed by atoms with E-state index in [9.17, 15) is 0 Å². The van der Waals surface area contributed by atoms with Crippen LogP contribution in [0.5, 0.6) is 0 Å². The van der Waals surface area contributed by atoms with Crippen LogP contribution in [0.2, 0.25) is 0 Å². The molecule has 0 radical (unpaired) electrons. The normalized spacial score (nSPS) is 15.4. The SMILES string of the molecule is CN(CCNCC1CC1)CCc1ccccn1. The summed E-state index contributed by atoms with van der Waals surface area (Å²) in [6.45, 7) is 4.53. The summed E-state index contributed by atoms with van der Waals surface area (Å²) in [5.41, 5.74) is 1.19. The van der Waals surface area contributed by atoms with Gasteiger partial charge in [-0.05, 0) is 44.5 Å². The maximum Gasteiger partial charge on any atom is 0.0416 e. The largest absolute Gasteiger partial charge is 0.315 e. The molecule has 0 atom stereocenters. The summed E-state index contributed by atoms with van der Waals surface area (Å²) >= 11 is 0. The Kier molecular flexibility index (Phi) is 4.95. The second-order valence-corrected chi connectivity index (χ2v) is 5.02. The van der Waals surface area contributed by atoms with E-state index in [0.29, 0.717) is 0 Å².